The zero-order chi connectivity index (χ0) is 13.5. The van der Waals surface area contributed by atoms with Crippen molar-refractivity contribution in [1.29, 1.82) is 0 Å². The molecule has 0 amide bonds. The van der Waals surface area contributed by atoms with Gasteiger partial charge in [-0.25, -0.2) is 9.67 Å². The summed E-state index contributed by atoms with van der Waals surface area (Å²) in [6, 6.07) is 0.215. The molecular formula is C13H23N3O2. The first kappa shape index (κ1) is 14.8. The van der Waals surface area contributed by atoms with Crippen molar-refractivity contribution >= 4 is 5.78 Å². The monoisotopic (exact) mass is 253 g/mol. The number of carbonyl (C=O) groups excluding carboxylic acids is 1. The number of ether oxygens (including phenoxy) is 1. The van der Waals surface area contributed by atoms with Crippen LogP contribution >= 0.6 is 0 Å². The lowest BCUT2D eigenvalue weighted by molar-refractivity contribution is -0.130. The zero-order valence-corrected chi connectivity index (χ0v) is 11.7. The molecule has 0 aromatic carbocycles. The van der Waals surface area contributed by atoms with Gasteiger partial charge in [-0.05, 0) is 27.2 Å². The molecule has 0 N–H and O–H groups in total. The number of Topliss-reactive ketones (excluding diaryl/α,β-unsaturated/α-hetero) is 1. The van der Waals surface area contributed by atoms with Gasteiger partial charge in [0.05, 0.1) is 6.42 Å². The van der Waals surface area contributed by atoms with Crippen LogP contribution in [0.5, 0.6) is 0 Å². The summed E-state index contributed by atoms with van der Waals surface area (Å²) in [7, 11) is 0. The molecule has 0 fully saturated rings. The Morgan fingerprint density at radius 3 is 2.72 bits per heavy atom. The van der Waals surface area contributed by atoms with Crippen molar-refractivity contribution in [3.05, 3.63) is 12.2 Å². The second-order valence-electron chi connectivity index (χ2n) is 4.59. The minimum atomic E-state index is -0.308. The van der Waals surface area contributed by atoms with Gasteiger partial charge in [-0.15, -0.1) is 0 Å². The minimum Gasteiger partial charge on any atom is -0.371 e. The highest BCUT2D eigenvalue weighted by atomic mass is 16.5. The van der Waals surface area contributed by atoms with Gasteiger partial charge in [0.1, 0.15) is 18.3 Å². The molecule has 102 valence electrons. The number of rotatable bonds is 8. The van der Waals surface area contributed by atoms with Gasteiger partial charge in [-0.3, -0.25) is 4.79 Å². The molecule has 0 aliphatic carbocycles. The Kier molecular flexibility index (Phi) is 5.98. The molecule has 0 saturated heterocycles. The molecule has 0 aliphatic heterocycles. The summed E-state index contributed by atoms with van der Waals surface area (Å²) in [5, 5.41) is 4.13. The second kappa shape index (κ2) is 7.26. The number of hydrogen-bond acceptors (Lipinski definition) is 4. The third kappa shape index (κ3) is 3.91. The molecule has 0 radical (unpaired) electrons. The Bertz CT molecular complexity index is 368. The summed E-state index contributed by atoms with van der Waals surface area (Å²) in [5.41, 5.74) is 0. The Labute approximate surface area is 109 Å². The normalized spacial score (nSPS) is 12.9. The van der Waals surface area contributed by atoms with Crippen molar-refractivity contribution in [3.63, 3.8) is 0 Å². The van der Waals surface area contributed by atoms with E-state index in [1.165, 1.54) is 6.33 Å². The molecule has 0 aliphatic rings. The number of hydrogen-bond donors (Lipinski definition) is 0. The fourth-order valence-electron chi connectivity index (χ4n) is 1.90. The number of nitrogens with zero attached hydrogens (tertiary/aromatic N) is 3. The van der Waals surface area contributed by atoms with E-state index in [0.29, 0.717) is 13.0 Å². The Morgan fingerprint density at radius 2 is 2.17 bits per heavy atom. The molecule has 1 aromatic rings. The topological polar surface area (TPSA) is 57.0 Å². The molecule has 5 nitrogen and oxygen atoms in total. The van der Waals surface area contributed by atoms with E-state index in [9.17, 15) is 4.79 Å². The second-order valence-corrected chi connectivity index (χ2v) is 4.59. The highest BCUT2D eigenvalue weighted by molar-refractivity contribution is 5.84. The summed E-state index contributed by atoms with van der Waals surface area (Å²) in [6.07, 6.45) is 3.19. The molecular weight excluding hydrogens is 230 g/mol. The molecule has 1 unspecified atom stereocenters. The minimum absolute atomic E-state index is 0.0913. The van der Waals surface area contributed by atoms with E-state index >= 15 is 0 Å². The largest absolute Gasteiger partial charge is 0.371 e. The van der Waals surface area contributed by atoms with E-state index in [1.54, 1.807) is 4.68 Å². The van der Waals surface area contributed by atoms with Gasteiger partial charge >= 0.3 is 0 Å². The first-order chi connectivity index (χ1) is 8.60. The van der Waals surface area contributed by atoms with E-state index in [2.05, 4.69) is 17.0 Å². The van der Waals surface area contributed by atoms with Gasteiger partial charge in [-0.1, -0.05) is 13.3 Å². The van der Waals surface area contributed by atoms with Gasteiger partial charge < -0.3 is 4.74 Å². The van der Waals surface area contributed by atoms with Crippen LogP contribution in [0.1, 0.15) is 52.4 Å². The van der Waals surface area contributed by atoms with E-state index in [0.717, 1.165) is 18.7 Å². The van der Waals surface area contributed by atoms with E-state index in [-0.39, 0.29) is 17.9 Å². The Hall–Kier alpha value is -1.23. The van der Waals surface area contributed by atoms with Gasteiger partial charge in [0.15, 0.2) is 5.78 Å². The van der Waals surface area contributed by atoms with Gasteiger partial charge in [0, 0.05) is 12.6 Å². The van der Waals surface area contributed by atoms with Crippen molar-refractivity contribution in [3.8, 4) is 0 Å². The Balaban J connectivity index is 2.69. The van der Waals surface area contributed by atoms with Crippen LogP contribution in [0.15, 0.2) is 6.33 Å². The van der Waals surface area contributed by atoms with E-state index < -0.39 is 0 Å². The molecule has 1 atom stereocenters. The molecule has 5 heteroatoms. The molecule has 1 rings (SSSR count). The predicted octanol–water partition coefficient (Wildman–Crippen LogP) is 2.18. The van der Waals surface area contributed by atoms with Gasteiger partial charge in [0.2, 0.25) is 0 Å². The predicted molar refractivity (Wildman–Crippen MR) is 69.4 cm³/mol. The average molecular weight is 253 g/mol. The standard InChI is InChI=1S/C13H23N3O2/c1-5-7-12(18-6-2)11(17)8-13-14-9-15-16(13)10(3)4/h9-10,12H,5-8H2,1-4H3. The van der Waals surface area contributed by atoms with Crippen LogP contribution in [0.3, 0.4) is 0 Å². The fourth-order valence-corrected chi connectivity index (χ4v) is 1.90. The van der Waals surface area contributed by atoms with Crippen LogP contribution in [0.25, 0.3) is 0 Å². The van der Waals surface area contributed by atoms with E-state index in [1.807, 2.05) is 20.8 Å². The SMILES string of the molecule is CCCC(OCC)C(=O)Cc1ncnn1C(C)C. The van der Waals surface area contributed by atoms with Crippen LogP contribution in [0, 0.1) is 0 Å². The van der Waals surface area contributed by atoms with Crippen molar-refractivity contribution in [1.82, 2.24) is 14.8 Å². The van der Waals surface area contributed by atoms with Crippen LogP contribution in [0.4, 0.5) is 0 Å². The lowest BCUT2D eigenvalue weighted by Crippen LogP contribution is -2.27. The van der Waals surface area contributed by atoms with Crippen molar-refractivity contribution in [2.24, 2.45) is 0 Å². The quantitative estimate of drug-likeness (QED) is 0.712. The third-order valence-electron chi connectivity index (χ3n) is 2.75. The highest BCUT2D eigenvalue weighted by Crippen LogP contribution is 2.10. The third-order valence-corrected chi connectivity index (χ3v) is 2.75. The maximum Gasteiger partial charge on any atom is 0.169 e. The van der Waals surface area contributed by atoms with E-state index in [4.69, 9.17) is 4.74 Å². The van der Waals surface area contributed by atoms with Gasteiger partial charge in [-0.2, -0.15) is 5.10 Å². The van der Waals surface area contributed by atoms with Crippen molar-refractivity contribution in [2.45, 2.75) is 59.1 Å². The molecule has 0 saturated carbocycles. The summed E-state index contributed by atoms with van der Waals surface area (Å²) in [6.45, 7) is 8.57. The van der Waals surface area contributed by atoms with Crippen LogP contribution in [-0.2, 0) is 16.0 Å². The summed E-state index contributed by atoms with van der Waals surface area (Å²) in [4.78, 5) is 16.3. The number of ketones is 1. The van der Waals surface area contributed by atoms with Gasteiger partial charge in [0.25, 0.3) is 0 Å². The van der Waals surface area contributed by atoms with Crippen molar-refractivity contribution < 1.29 is 9.53 Å². The summed E-state index contributed by atoms with van der Waals surface area (Å²) < 4.78 is 7.27. The van der Waals surface area contributed by atoms with Crippen LogP contribution in [-0.4, -0.2) is 33.3 Å². The number of aromatic nitrogens is 3. The summed E-state index contributed by atoms with van der Waals surface area (Å²) >= 11 is 0. The molecule has 1 aromatic heterocycles. The van der Waals surface area contributed by atoms with Crippen LogP contribution in [0.2, 0.25) is 0 Å². The zero-order valence-electron chi connectivity index (χ0n) is 11.7. The molecule has 0 bridgehead atoms. The average Bonchev–Trinajstić information content (AvgIpc) is 2.77. The number of carbonyl (C=O) groups is 1. The fraction of sp³-hybridized carbons (Fsp3) is 0.769. The lowest BCUT2D eigenvalue weighted by atomic mass is 10.1. The summed E-state index contributed by atoms with van der Waals surface area (Å²) in [5.74, 6) is 0.810. The Morgan fingerprint density at radius 1 is 1.44 bits per heavy atom. The molecule has 0 spiro atoms. The smallest absolute Gasteiger partial charge is 0.169 e. The molecule has 1 heterocycles. The maximum atomic E-state index is 12.2. The van der Waals surface area contributed by atoms with Crippen molar-refractivity contribution in [2.75, 3.05) is 6.61 Å². The first-order valence-electron chi connectivity index (χ1n) is 6.62. The lowest BCUT2D eigenvalue weighted by Gasteiger charge is -2.15. The maximum absolute atomic E-state index is 12.2. The molecule has 18 heavy (non-hydrogen) atoms. The highest BCUT2D eigenvalue weighted by Gasteiger charge is 2.20. The van der Waals surface area contributed by atoms with Crippen LogP contribution < -0.4 is 0 Å². The first-order valence-corrected chi connectivity index (χ1v) is 6.62.